The Morgan fingerprint density at radius 1 is 0.906 bits per heavy atom. The number of amides is 2. The molecule has 7 nitrogen and oxygen atoms in total. The summed E-state index contributed by atoms with van der Waals surface area (Å²) in [5.74, 6) is -0.895. The zero-order valence-electron chi connectivity index (χ0n) is 17.8. The zero-order chi connectivity index (χ0) is 22.9. The molecule has 0 unspecified atom stereocenters. The molecular formula is C25H24N4O3. The van der Waals surface area contributed by atoms with E-state index in [0.29, 0.717) is 11.1 Å². The molecule has 3 N–H and O–H groups in total. The number of benzene rings is 3. The molecule has 0 saturated heterocycles. The molecule has 0 heterocycles. The minimum atomic E-state index is -0.581. The number of nitrogens with zero attached hydrogens (tertiary/aromatic N) is 2. The first kappa shape index (κ1) is 22.3. The quantitative estimate of drug-likeness (QED) is 0.306. The molecule has 0 radical (unpaired) electrons. The van der Waals surface area contributed by atoms with Crippen molar-refractivity contribution in [3.8, 4) is 5.75 Å². The molecule has 0 aliphatic carbocycles. The predicted octanol–water partition coefficient (Wildman–Crippen LogP) is 3.38. The monoisotopic (exact) mass is 428 g/mol. The molecule has 2 amide bonds. The average molecular weight is 428 g/mol. The van der Waals surface area contributed by atoms with Gasteiger partial charge in [-0.1, -0.05) is 42.5 Å². The van der Waals surface area contributed by atoms with Crippen LogP contribution in [0.4, 0.5) is 5.69 Å². The summed E-state index contributed by atoms with van der Waals surface area (Å²) in [6.07, 6.45) is 2.99. The Hall–Kier alpha value is -4.39. The Morgan fingerprint density at radius 3 is 2.28 bits per heavy atom. The molecule has 32 heavy (non-hydrogen) atoms. The molecule has 0 aliphatic rings. The molecular weight excluding hydrogens is 404 g/mol. The maximum Gasteiger partial charge on any atom is 0.287 e. The van der Waals surface area contributed by atoms with Crippen molar-refractivity contribution in [3.63, 3.8) is 0 Å². The van der Waals surface area contributed by atoms with E-state index in [2.05, 4.69) is 15.8 Å². The first-order chi connectivity index (χ1) is 15.4. The number of nitrogens with one attached hydrogen (secondary N) is 2. The van der Waals surface area contributed by atoms with Crippen molar-refractivity contribution in [1.82, 2.24) is 10.7 Å². The summed E-state index contributed by atoms with van der Waals surface area (Å²) < 4.78 is 0. The van der Waals surface area contributed by atoms with Crippen LogP contribution in [0.15, 0.2) is 89.7 Å². The SMILES string of the molecule is CN(C)c1ccc(C=C(NC(=O)c2ccccc2)C(=O)NN=Cc2cccc(O)c2)cc1. The molecule has 0 saturated carbocycles. The van der Waals surface area contributed by atoms with Crippen molar-refractivity contribution < 1.29 is 14.7 Å². The number of hydrazone groups is 1. The minimum Gasteiger partial charge on any atom is -0.508 e. The van der Waals surface area contributed by atoms with Crippen LogP contribution in [0.25, 0.3) is 6.08 Å². The molecule has 7 heteroatoms. The summed E-state index contributed by atoms with van der Waals surface area (Å²) in [7, 11) is 3.88. The van der Waals surface area contributed by atoms with Gasteiger partial charge < -0.3 is 15.3 Å². The third-order valence-electron chi connectivity index (χ3n) is 4.50. The van der Waals surface area contributed by atoms with Crippen LogP contribution in [0.5, 0.6) is 5.75 Å². The summed E-state index contributed by atoms with van der Waals surface area (Å²) in [6.45, 7) is 0. The van der Waals surface area contributed by atoms with E-state index in [1.165, 1.54) is 18.3 Å². The molecule has 0 aromatic heterocycles. The highest BCUT2D eigenvalue weighted by atomic mass is 16.3. The highest BCUT2D eigenvalue weighted by Gasteiger charge is 2.14. The van der Waals surface area contributed by atoms with E-state index in [-0.39, 0.29) is 11.4 Å². The van der Waals surface area contributed by atoms with E-state index in [0.717, 1.165) is 11.3 Å². The summed E-state index contributed by atoms with van der Waals surface area (Å²) in [4.78, 5) is 27.4. The van der Waals surface area contributed by atoms with Crippen LogP contribution >= 0.6 is 0 Å². The molecule has 0 spiro atoms. The number of phenols is 1. The number of anilines is 1. The highest BCUT2D eigenvalue weighted by Crippen LogP contribution is 2.15. The van der Waals surface area contributed by atoms with Crippen LogP contribution in [-0.4, -0.2) is 37.2 Å². The fraction of sp³-hybridized carbons (Fsp3) is 0.0800. The Labute approximate surface area is 186 Å². The molecule has 0 bridgehead atoms. The van der Waals surface area contributed by atoms with Crippen LogP contribution in [0.2, 0.25) is 0 Å². The number of hydrogen-bond donors (Lipinski definition) is 3. The topological polar surface area (TPSA) is 94.0 Å². The van der Waals surface area contributed by atoms with Crippen LogP contribution in [0.1, 0.15) is 21.5 Å². The van der Waals surface area contributed by atoms with Gasteiger partial charge in [-0.2, -0.15) is 5.10 Å². The molecule has 0 aliphatic heterocycles. The van der Waals surface area contributed by atoms with Crippen LogP contribution in [-0.2, 0) is 4.79 Å². The lowest BCUT2D eigenvalue weighted by atomic mass is 10.1. The lowest BCUT2D eigenvalue weighted by Crippen LogP contribution is -2.32. The summed E-state index contributed by atoms with van der Waals surface area (Å²) >= 11 is 0. The number of aromatic hydroxyl groups is 1. The van der Waals surface area contributed by atoms with Crippen molar-refractivity contribution in [2.45, 2.75) is 0 Å². The molecule has 0 atom stereocenters. The van der Waals surface area contributed by atoms with E-state index in [1.54, 1.807) is 42.5 Å². The summed E-state index contributed by atoms with van der Waals surface area (Å²) in [6, 6.07) is 22.6. The highest BCUT2D eigenvalue weighted by molar-refractivity contribution is 6.05. The van der Waals surface area contributed by atoms with Crippen molar-refractivity contribution in [1.29, 1.82) is 0 Å². The van der Waals surface area contributed by atoms with Gasteiger partial charge in [-0.05, 0) is 53.6 Å². The lowest BCUT2D eigenvalue weighted by Gasteiger charge is -2.12. The van der Waals surface area contributed by atoms with E-state index < -0.39 is 11.8 Å². The van der Waals surface area contributed by atoms with Gasteiger partial charge in [-0.3, -0.25) is 9.59 Å². The summed E-state index contributed by atoms with van der Waals surface area (Å²) in [5, 5.41) is 16.1. The van der Waals surface area contributed by atoms with E-state index in [1.807, 2.05) is 49.3 Å². The number of carbonyl (C=O) groups excluding carboxylic acids is 2. The number of phenolic OH excluding ortho intramolecular Hbond substituents is 1. The summed E-state index contributed by atoms with van der Waals surface area (Å²) in [5.41, 5.74) is 5.26. The van der Waals surface area contributed by atoms with Gasteiger partial charge in [0.05, 0.1) is 6.21 Å². The van der Waals surface area contributed by atoms with Gasteiger partial charge in [0.25, 0.3) is 11.8 Å². The maximum absolute atomic E-state index is 12.8. The van der Waals surface area contributed by atoms with E-state index >= 15 is 0 Å². The Morgan fingerprint density at radius 2 is 1.62 bits per heavy atom. The number of carbonyl (C=O) groups is 2. The van der Waals surface area contributed by atoms with Crippen LogP contribution in [0.3, 0.4) is 0 Å². The van der Waals surface area contributed by atoms with Crippen molar-refractivity contribution >= 4 is 29.8 Å². The zero-order valence-corrected chi connectivity index (χ0v) is 17.8. The van der Waals surface area contributed by atoms with Crippen molar-refractivity contribution in [2.24, 2.45) is 5.10 Å². The second-order valence-electron chi connectivity index (χ2n) is 7.16. The van der Waals surface area contributed by atoms with Gasteiger partial charge in [0.15, 0.2) is 0 Å². The van der Waals surface area contributed by atoms with Gasteiger partial charge in [0.2, 0.25) is 0 Å². The van der Waals surface area contributed by atoms with Gasteiger partial charge in [0, 0.05) is 25.3 Å². The van der Waals surface area contributed by atoms with Crippen molar-refractivity contribution in [3.05, 3.63) is 101 Å². The third kappa shape index (κ3) is 6.30. The molecule has 3 aromatic rings. The lowest BCUT2D eigenvalue weighted by molar-refractivity contribution is -0.117. The van der Waals surface area contributed by atoms with Gasteiger partial charge in [0.1, 0.15) is 11.4 Å². The van der Waals surface area contributed by atoms with E-state index in [9.17, 15) is 14.7 Å². The second-order valence-corrected chi connectivity index (χ2v) is 7.16. The van der Waals surface area contributed by atoms with E-state index in [4.69, 9.17) is 0 Å². The fourth-order valence-corrected chi connectivity index (χ4v) is 2.81. The molecule has 3 aromatic carbocycles. The number of rotatable bonds is 7. The van der Waals surface area contributed by atoms with Crippen LogP contribution < -0.4 is 15.6 Å². The Kier molecular flexibility index (Phi) is 7.37. The molecule has 162 valence electrons. The third-order valence-corrected chi connectivity index (χ3v) is 4.50. The first-order valence-electron chi connectivity index (χ1n) is 9.90. The molecule has 3 rings (SSSR count). The van der Waals surface area contributed by atoms with Gasteiger partial charge in [-0.15, -0.1) is 0 Å². The second kappa shape index (κ2) is 10.6. The Bertz CT molecular complexity index is 1140. The average Bonchev–Trinajstić information content (AvgIpc) is 2.79. The van der Waals surface area contributed by atoms with Crippen LogP contribution in [0, 0.1) is 0 Å². The van der Waals surface area contributed by atoms with Gasteiger partial charge in [-0.25, -0.2) is 5.43 Å². The Balaban J connectivity index is 1.81. The normalized spacial score (nSPS) is 11.2. The fourth-order valence-electron chi connectivity index (χ4n) is 2.81. The van der Waals surface area contributed by atoms with Gasteiger partial charge >= 0.3 is 0 Å². The standard InChI is InChI=1S/C25H24N4O3/c1-29(2)21-13-11-18(12-14-21)16-23(27-24(31)20-8-4-3-5-9-20)25(32)28-26-17-19-7-6-10-22(30)15-19/h3-17,30H,1-2H3,(H,27,31)(H,28,32). The predicted molar refractivity (Wildman–Crippen MR) is 126 cm³/mol. The smallest absolute Gasteiger partial charge is 0.287 e. The first-order valence-corrected chi connectivity index (χ1v) is 9.90. The largest absolute Gasteiger partial charge is 0.508 e. The molecule has 0 fully saturated rings. The minimum absolute atomic E-state index is 0.0458. The maximum atomic E-state index is 12.8. The van der Waals surface area contributed by atoms with Crippen molar-refractivity contribution in [2.75, 3.05) is 19.0 Å². The number of hydrogen-bond acceptors (Lipinski definition) is 5.